The molecule has 2 N–H and O–H groups in total. The van der Waals surface area contributed by atoms with E-state index in [0.717, 1.165) is 29.8 Å². The molecule has 5 heteroatoms. The summed E-state index contributed by atoms with van der Waals surface area (Å²) in [6, 6.07) is 9.57. The van der Waals surface area contributed by atoms with Crippen LogP contribution in [0.2, 0.25) is 0 Å². The summed E-state index contributed by atoms with van der Waals surface area (Å²) in [5.41, 5.74) is 0.409. The standard InChI is InChI=1S/C19H25N3O2/c1-14-7-10-22(11-8-14)13-16(23)12-21-19(24)18-17-5-3-2-4-15(17)6-9-20-18/h2-6,9,14,16,23H,7-8,10-13H2,1H3,(H,21,24). The summed E-state index contributed by atoms with van der Waals surface area (Å²) in [5, 5.41) is 14.8. The molecular weight excluding hydrogens is 302 g/mol. The number of fused-ring (bicyclic) bond motifs is 1. The third-order valence-electron chi connectivity index (χ3n) is 4.73. The van der Waals surface area contributed by atoms with Crippen LogP contribution in [-0.4, -0.2) is 53.2 Å². The first-order valence-electron chi connectivity index (χ1n) is 8.66. The second-order valence-electron chi connectivity index (χ2n) is 6.73. The number of rotatable bonds is 5. The average Bonchev–Trinajstić information content (AvgIpc) is 2.61. The zero-order valence-electron chi connectivity index (χ0n) is 14.1. The molecule has 1 aliphatic heterocycles. The van der Waals surface area contributed by atoms with E-state index in [1.54, 1.807) is 6.20 Å². The van der Waals surface area contributed by atoms with Gasteiger partial charge in [0.25, 0.3) is 5.91 Å². The van der Waals surface area contributed by atoms with Crippen LogP contribution in [-0.2, 0) is 0 Å². The highest BCUT2D eigenvalue weighted by Gasteiger charge is 2.19. The Kier molecular flexibility index (Phi) is 5.43. The third kappa shape index (κ3) is 4.10. The Hall–Kier alpha value is -1.98. The van der Waals surface area contributed by atoms with Gasteiger partial charge in [-0.2, -0.15) is 0 Å². The van der Waals surface area contributed by atoms with E-state index in [2.05, 4.69) is 22.1 Å². The average molecular weight is 327 g/mol. The molecule has 1 aromatic heterocycles. The van der Waals surface area contributed by atoms with Crippen LogP contribution in [0.3, 0.4) is 0 Å². The molecule has 0 spiro atoms. The van der Waals surface area contributed by atoms with Crippen molar-refractivity contribution in [3.63, 3.8) is 0 Å². The van der Waals surface area contributed by atoms with Crippen LogP contribution in [0.5, 0.6) is 0 Å². The molecule has 1 aliphatic rings. The molecule has 24 heavy (non-hydrogen) atoms. The summed E-state index contributed by atoms with van der Waals surface area (Å²) in [4.78, 5) is 18.9. The fraction of sp³-hybridized carbons (Fsp3) is 0.474. The van der Waals surface area contributed by atoms with Gasteiger partial charge in [-0.05, 0) is 43.3 Å². The summed E-state index contributed by atoms with van der Waals surface area (Å²) in [7, 11) is 0. The first kappa shape index (κ1) is 16.9. The van der Waals surface area contributed by atoms with Gasteiger partial charge in [-0.25, -0.2) is 0 Å². The van der Waals surface area contributed by atoms with Crippen LogP contribution in [0.4, 0.5) is 0 Å². The molecule has 2 heterocycles. The van der Waals surface area contributed by atoms with Crippen LogP contribution < -0.4 is 5.32 Å². The fourth-order valence-corrected chi connectivity index (χ4v) is 3.20. The first-order valence-corrected chi connectivity index (χ1v) is 8.66. The molecule has 1 aromatic carbocycles. The maximum absolute atomic E-state index is 12.4. The molecule has 0 aliphatic carbocycles. The molecule has 1 atom stereocenters. The van der Waals surface area contributed by atoms with Crippen molar-refractivity contribution in [1.82, 2.24) is 15.2 Å². The zero-order valence-corrected chi connectivity index (χ0v) is 14.1. The Labute approximate surface area is 142 Å². The van der Waals surface area contributed by atoms with Crippen molar-refractivity contribution in [2.45, 2.75) is 25.9 Å². The highest BCUT2D eigenvalue weighted by atomic mass is 16.3. The third-order valence-corrected chi connectivity index (χ3v) is 4.73. The predicted molar refractivity (Wildman–Crippen MR) is 94.9 cm³/mol. The first-order chi connectivity index (χ1) is 11.6. The number of benzene rings is 1. The van der Waals surface area contributed by atoms with E-state index in [1.807, 2.05) is 30.3 Å². The molecule has 0 radical (unpaired) electrons. The van der Waals surface area contributed by atoms with Gasteiger partial charge in [0.1, 0.15) is 5.69 Å². The Morgan fingerprint density at radius 3 is 2.88 bits per heavy atom. The summed E-state index contributed by atoms with van der Waals surface area (Å²) >= 11 is 0. The Morgan fingerprint density at radius 1 is 1.33 bits per heavy atom. The molecule has 1 amide bonds. The summed E-state index contributed by atoms with van der Waals surface area (Å²) in [5.74, 6) is 0.536. The fourth-order valence-electron chi connectivity index (χ4n) is 3.20. The number of β-amino-alcohol motifs (C(OH)–C–C–N with tert-alkyl or cyclic N) is 1. The number of nitrogens with zero attached hydrogens (tertiary/aromatic N) is 2. The van der Waals surface area contributed by atoms with Crippen molar-refractivity contribution in [3.05, 3.63) is 42.2 Å². The lowest BCUT2D eigenvalue weighted by atomic mass is 9.99. The summed E-state index contributed by atoms with van der Waals surface area (Å²) in [6.45, 7) is 5.17. The minimum atomic E-state index is -0.558. The van der Waals surface area contributed by atoms with Crippen LogP contribution >= 0.6 is 0 Å². The Balaban J connectivity index is 1.55. The minimum Gasteiger partial charge on any atom is -0.390 e. The van der Waals surface area contributed by atoms with Crippen LogP contribution in [0.25, 0.3) is 10.8 Å². The molecule has 1 fully saturated rings. The van der Waals surface area contributed by atoms with Gasteiger partial charge < -0.3 is 15.3 Å². The molecule has 1 saturated heterocycles. The smallest absolute Gasteiger partial charge is 0.270 e. The molecule has 2 aromatic rings. The topological polar surface area (TPSA) is 65.5 Å². The van der Waals surface area contributed by atoms with Crippen molar-refractivity contribution in [1.29, 1.82) is 0 Å². The molecule has 3 rings (SSSR count). The van der Waals surface area contributed by atoms with E-state index >= 15 is 0 Å². The van der Waals surface area contributed by atoms with Gasteiger partial charge in [0.2, 0.25) is 0 Å². The number of likely N-dealkylation sites (tertiary alicyclic amines) is 1. The number of carbonyl (C=O) groups excluding carboxylic acids is 1. The second kappa shape index (κ2) is 7.73. The largest absolute Gasteiger partial charge is 0.390 e. The van der Waals surface area contributed by atoms with E-state index in [9.17, 15) is 9.90 Å². The molecule has 128 valence electrons. The van der Waals surface area contributed by atoms with E-state index in [0.29, 0.717) is 12.2 Å². The highest BCUT2D eigenvalue weighted by molar-refractivity contribution is 6.05. The number of piperidine rings is 1. The number of carbonyl (C=O) groups is 1. The van der Waals surface area contributed by atoms with Crippen molar-refractivity contribution < 1.29 is 9.90 Å². The highest BCUT2D eigenvalue weighted by Crippen LogP contribution is 2.17. The lowest BCUT2D eigenvalue weighted by Crippen LogP contribution is -2.43. The van der Waals surface area contributed by atoms with Gasteiger partial charge in [0.15, 0.2) is 0 Å². The van der Waals surface area contributed by atoms with Gasteiger partial charge in [0, 0.05) is 24.7 Å². The van der Waals surface area contributed by atoms with Gasteiger partial charge >= 0.3 is 0 Å². The van der Waals surface area contributed by atoms with Crippen LogP contribution in [0, 0.1) is 5.92 Å². The number of nitrogens with one attached hydrogen (secondary N) is 1. The molecule has 0 bridgehead atoms. The molecule has 1 unspecified atom stereocenters. The minimum absolute atomic E-state index is 0.238. The van der Waals surface area contributed by atoms with Gasteiger partial charge in [-0.3, -0.25) is 9.78 Å². The Morgan fingerprint density at radius 2 is 2.08 bits per heavy atom. The number of amides is 1. The van der Waals surface area contributed by atoms with Gasteiger partial charge in [-0.1, -0.05) is 31.2 Å². The normalized spacial score (nSPS) is 17.8. The number of aromatic nitrogens is 1. The number of hydrogen-bond donors (Lipinski definition) is 2. The monoisotopic (exact) mass is 327 g/mol. The molecule has 0 saturated carbocycles. The van der Waals surface area contributed by atoms with Gasteiger partial charge in [0.05, 0.1) is 6.10 Å². The van der Waals surface area contributed by atoms with E-state index < -0.39 is 6.10 Å². The van der Waals surface area contributed by atoms with E-state index in [4.69, 9.17) is 0 Å². The predicted octanol–water partition coefficient (Wildman–Crippen LogP) is 2.06. The van der Waals surface area contributed by atoms with Crippen molar-refractivity contribution in [2.75, 3.05) is 26.2 Å². The number of pyridine rings is 1. The quantitative estimate of drug-likeness (QED) is 0.882. The molecular formula is C19H25N3O2. The number of aliphatic hydroxyl groups excluding tert-OH is 1. The number of aliphatic hydroxyl groups is 1. The van der Waals surface area contributed by atoms with E-state index in [1.165, 1.54) is 12.8 Å². The van der Waals surface area contributed by atoms with Crippen LogP contribution in [0.15, 0.2) is 36.5 Å². The lowest BCUT2D eigenvalue weighted by Gasteiger charge is -2.31. The summed E-state index contributed by atoms with van der Waals surface area (Å²) in [6.07, 6.45) is 3.44. The van der Waals surface area contributed by atoms with Crippen molar-refractivity contribution in [3.8, 4) is 0 Å². The van der Waals surface area contributed by atoms with Crippen molar-refractivity contribution in [2.24, 2.45) is 5.92 Å². The zero-order chi connectivity index (χ0) is 16.9. The number of hydrogen-bond acceptors (Lipinski definition) is 4. The maximum Gasteiger partial charge on any atom is 0.270 e. The van der Waals surface area contributed by atoms with E-state index in [-0.39, 0.29) is 12.5 Å². The van der Waals surface area contributed by atoms with Gasteiger partial charge in [-0.15, -0.1) is 0 Å². The second-order valence-corrected chi connectivity index (χ2v) is 6.73. The Bertz CT molecular complexity index is 691. The summed E-state index contributed by atoms with van der Waals surface area (Å²) < 4.78 is 0. The lowest BCUT2D eigenvalue weighted by molar-refractivity contribution is 0.0793. The molecule has 5 nitrogen and oxygen atoms in total. The van der Waals surface area contributed by atoms with Crippen LogP contribution in [0.1, 0.15) is 30.3 Å². The SMILES string of the molecule is CC1CCN(CC(O)CNC(=O)c2nccc3ccccc23)CC1. The maximum atomic E-state index is 12.4. The van der Waals surface area contributed by atoms with Crippen molar-refractivity contribution >= 4 is 16.7 Å².